The van der Waals surface area contributed by atoms with Crippen LogP contribution in [0.1, 0.15) is 28.4 Å². The van der Waals surface area contributed by atoms with E-state index >= 15 is 0 Å². The van der Waals surface area contributed by atoms with Crippen LogP contribution >= 0.6 is 0 Å². The van der Waals surface area contributed by atoms with Gasteiger partial charge in [0.15, 0.2) is 0 Å². The van der Waals surface area contributed by atoms with Gasteiger partial charge in [0, 0.05) is 37.9 Å². The normalized spacial score (nSPS) is 10.8. The highest BCUT2D eigenvalue weighted by Gasteiger charge is 2.20. The van der Waals surface area contributed by atoms with Gasteiger partial charge in [-0.25, -0.2) is 0 Å². The van der Waals surface area contributed by atoms with Crippen molar-refractivity contribution in [1.29, 1.82) is 0 Å². The Bertz CT molecular complexity index is 1010. The van der Waals surface area contributed by atoms with Crippen LogP contribution in [0.25, 0.3) is 0 Å². The molecule has 0 bridgehead atoms. The van der Waals surface area contributed by atoms with Gasteiger partial charge in [0.2, 0.25) is 5.91 Å². The number of aromatic nitrogens is 2. The van der Waals surface area contributed by atoms with Crippen molar-refractivity contribution in [3.05, 3.63) is 132 Å². The maximum Gasteiger partial charge on any atom is 0.249 e. The molecule has 2 aromatic carbocycles. The Hall–Kier alpha value is -3.83. The number of ether oxygens (including phenoxy) is 1. The molecule has 0 saturated heterocycles. The molecule has 4 rings (SSSR count). The summed E-state index contributed by atoms with van der Waals surface area (Å²) in [7, 11) is 0. The van der Waals surface area contributed by atoms with Gasteiger partial charge in [-0.2, -0.15) is 0 Å². The monoisotopic (exact) mass is 423 g/mol. The lowest BCUT2D eigenvalue weighted by Gasteiger charge is -2.25. The number of amides is 1. The van der Waals surface area contributed by atoms with Crippen LogP contribution in [0.2, 0.25) is 0 Å². The fourth-order valence-electron chi connectivity index (χ4n) is 3.54. The summed E-state index contributed by atoms with van der Waals surface area (Å²) in [5, 5.41) is 0. The molecule has 2 heterocycles. The number of nitrogens with zero attached hydrogens (tertiary/aromatic N) is 3. The molecule has 0 unspecified atom stereocenters. The van der Waals surface area contributed by atoms with E-state index < -0.39 is 0 Å². The molecule has 0 spiro atoms. The number of carbonyl (C=O) groups is 1. The summed E-state index contributed by atoms with van der Waals surface area (Å²) < 4.78 is 6.21. The molecule has 0 aliphatic heterocycles. The Morgan fingerprint density at radius 1 is 0.719 bits per heavy atom. The van der Waals surface area contributed by atoms with E-state index in [1.807, 2.05) is 84.9 Å². The molecule has 0 fully saturated rings. The van der Waals surface area contributed by atoms with Crippen molar-refractivity contribution in [2.24, 2.45) is 0 Å². The van der Waals surface area contributed by atoms with E-state index in [0.29, 0.717) is 13.1 Å². The summed E-state index contributed by atoms with van der Waals surface area (Å²) in [5.74, 6) is -0.0810. The van der Waals surface area contributed by atoms with E-state index in [-0.39, 0.29) is 18.6 Å². The first-order valence-electron chi connectivity index (χ1n) is 10.6. The Balaban J connectivity index is 1.52. The minimum Gasteiger partial charge on any atom is -0.359 e. The molecular weight excluding hydrogens is 398 g/mol. The molecule has 0 aliphatic carbocycles. The van der Waals surface area contributed by atoms with Gasteiger partial charge in [-0.1, -0.05) is 66.7 Å². The minimum atomic E-state index is -0.317. The average molecular weight is 424 g/mol. The lowest BCUT2D eigenvalue weighted by molar-refractivity contribution is -0.138. The first-order chi connectivity index (χ1) is 15.8. The molecular formula is C27H25N3O2. The number of hydrogen-bond donors (Lipinski definition) is 0. The predicted molar refractivity (Wildman–Crippen MR) is 123 cm³/mol. The lowest BCUT2D eigenvalue weighted by atomic mass is 10.0. The molecule has 5 heteroatoms. The SMILES string of the molecule is O=C(COC(c1ccccc1)c1ccccc1)N(Cc1ccncc1)Cc1cccnc1. The number of pyridine rings is 2. The standard InChI is InChI=1S/C27H25N3O2/c31-26(21-32-27(24-9-3-1-4-10-24)25-11-5-2-6-12-25)30(19-22-13-16-28-17-14-22)20-23-8-7-15-29-18-23/h1-18,27H,19-21H2. The first-order valence-corrected chi connectivity index (χ1v) is 10.6. The van der Waals surface area contributed by atoms with Crippen molar-refractivity contribution < 1.29 is 9.53 Å². The van der Waals surface area contributed by atoms with Crippen LogP contribution in [0, 0.1) is 0 Å². The van der Waals surface area contributed by atoms with Gasteiger partial charge in [0.25, 0.3) is 0 Å². The topological polar surface area (TPSA) is 55.3 Å². The van der Waals surface area contributed by atoms with E-state index in [1.54, 1.807) is 29.7 Å². The van der Waals surface area contributed by atoms with Gasteiger partial charge in [-0.05, 0) is 40.5 Å². The second kappa shape index (κ2) is 11.0. The summed E-state index contributed by atoms with van der Waals surface area (Å²) in [6, 6.07) is 27.6. The van der Waals surface area contributed by atoms with Crippen LogP contribution in [-0.2, 0) is 22.6 Å². The third-order valence-corrected chi connectivity index (χ3v) is 5.15. The molecule has 4 aromatic rings. The van der Waals surface area contributed by atoms with Gasteiger partial charge in [-0.3, -0.25) is 14.8 Å². The second-order valence-electron chi connectivity index (χ2n) is 7.48. The molecule has 0 atom stereocenters. The summed E-state index contributed by atoms with van der Waals surface area (Å²) in [6.07, 6.45) is 6.66. The van der Waals surface area contributed by atoms with Crippen LogP contribution < -0.4 is 0 Å². The minimum absolute atomic E-state index is 0.0280. The largest absolute Gasteiger partial charge is 0.359 e. The summed E-state index contributed by atoms with van der Waals surface area (Å²) in [5.41, 5.74) is 4.01. The van der Waals surface area contributed by atoms with Crippen LogP contribution in [0.3, 0.4) is 0 Å². The Kier molecular flexibility index (Phi) is 7.34. The zero-order valence-corrected chi connectivity index (χ0v) is 17.7. The molecule has 2 aromatic heterocycles. The zero-order valence-electron chi connectivity index (χ0n) is 17.7. The van der Waals surface area contributed by atoms with Crippen LogP contribution in [-0.4, -0.2) is 27.4 Å². The van der Waals surface area contributed by atoms with E-state index in [9.17, 15) is 4.79 Å². The summed E-state index contributed by atoms with van der Waals surface area (Å²) in [4.78, 5) is 23.3. The quantitative estimate of drug-likeness (QED) is 0.388. The maximum absolute atomic E-state index is 13.3. The molecule has 0 radical (unpaired) electrons. The molecule has 160 valence electrons. The highest BCUT2D eigenvalue weighted by atomic mass is 16.5. The molecule has 1 amide bonds. The Morgan fingerprint density at radius 2 is 1.34 bits per heavy atom. The zero-order chi connectivity index (χ0) is 22.0. The number of hydrogen-bond acceptors (Lipinski definition) is 4. The fraction of sp³-hybridized carbons (Fsp3) is 0.148. The average Bonchev–Trinajstić information content (AvgIpc) is 2.86. The van der Waals surface area contributed by atoms with Crippen molar-refractivity contribution in [1.82, 2.24) is 14.9 Å². The molecule has 5 nitrogen and oxygen atoms in total. The molecule has 0 saturated carbocycles. The third kappa shape index (κ3) is 5.86. The summed E-state index contributed by atoms with van der Waals surface area (Å²) >= 11 is 0. The van der Waals surface area contributed by atoms with Crippen molar-refractivity contribution in [3.63, 3.8) is 0 Å². The van der Waals surface area contributed by atoms with Crippen molar-refractivity contribution in [2.45, 2.75) is 19.2 Å². The van der Waals surface area contributed by atoms with Crippen LogP contribution in [0.15, 0.2) is 110 Å². The number of carbonyl (C=O) groups excluding carboxylic acids is 1. The highest BCUT2D eigenvalue weighted by molar-refractivity contribution is 5.77. The van der Waals surface area contributed by atoms with E-state index in [1.165, 1.54) is 0 Å². The molecule has 32 heavy (non-hydrogen) atoms. The van der Waals surface area contributed by atoms with Crippen molar-refractivity contribution >= 4 is 5.91 Å². The number of benzene rings is 2. The van der Waals surface area contributed by atoms with Gasteiger partial charge in [-0.15, -0.1) is 0 Å². The first kappa shape index (κ1) is 21.4. The lowest BCUT2D eigenvalue weighted by Crippen LogP contribution is -2.33. The van der Waals surface area contributed by atoms with Gasteiger partial charge < -0.3 is 9.64 Å². The summed E-state index contributed by atoms with van der Waals surface area (Å²) in [6.45, 7) is 0.903. The van der Waals surface area contributed by atoms with E-state index in [2.05, 4.69) is 9.97 Å². The molecule has 0 aliphatic rings. The Morgan fingerprint density at radius 3 is 1.94 bits per heavy atom. The predicted octanol–water partition coefficient (Wildman–Crippen LogP) is 4.81. The van der Waals surface area contributed by atoms with E-state index in [4.69, 9.17) is 4.74 Å². The highest BCUT2D eigenvalue weighted by Crippen LogP contribution is 2.26. The van der Waals surface area contributed by atoms with Crippen LogP contribution in [0.4, 0.5) is 0 Å². The van der Waals surface area contributed by atoms with E-state index in [0.717, 1.165) is 22.3 Å². The third-order valence-electron chi connectivity index (χ3n) is 5.15. The van der Waals surface area contributed by atoms with Gasteiger partial charge in [0.05, 0.1) is 0 Å². The smallest absolute Gasteiger partial charge is 0.249 e. The second-order valence-corrected chi connectivity index (χ2v) is 7.48. The van der Waals surface area contributed by atoms with Gasteiger partial charge in [0.1, 0.15) is 12.7 Å². The van der Waals surface area contributed by atoms with Crippen LogP contribution in [0.5, 0.6) is 0 Å². The fourth-order valence-corrected chi connectivity index (χ4v) is 3.54. The van der Waals surface area contributed by atoms with Crippen molar-refractivity contribution in [3.8, 4) is 0 Å². The van der Waals surface area contributed by atoms with Crippen molar-refractivity contribution in [2.75, 3.05) is 6.61 Å². The Labute approximate surface area is 188 Å². The molecule has 0 N–H and O–H groups in total. The number of rotatable bonds is 9. The van der Waals surface area contributed by atoms with Gasteiger partial charge >= 0.3 is 0 Å². The maximum atomic E-state index is 13.3.